The Hall–Kier alpha value is -1.84. The van der Waals surface area contributed by atoms with Crippen molar-refractivity contribution in [3.05, 3.63) is 65.2 Å². The molecule has 0 aliphatic carbocycles. The number of nitrogens with one attached hydrogen (secondary N) is 1. The van der Waals surface area contributed by atoms with Crippen molar-refractivity contribution in [2.24, 2.45) is 0 Å². The topological polar surface area (TPSA) is 24.5 Å². The van der Waals surface area contributed by atoms with Crippen LogP contribution in [0, 0.1) is 0 Å². The van der Waals surface area contributed by atoms with E-state index in [1.54, 1.807) is 0 Å². The van der Waals surface area contributed by atoms with Gasteiger partial charge >= 0.3 is 0 Å². The maximum atomic E-state index is 5.98. The van der Waals surface area contributed by atoms with Gasteiger partial charge in [0.25, 0.3) is 0 Å². The maximum Gasteiger partial charge on any atom is 0.119 e. The van der Waals surface area contributed by atoms with Crippen LogP contribution in [-0.4, -0.2) is 37.7 Å². The molecule has 2 aromatic rings. The SMILES string of the molecule is CN1CCCC1CCOc1ccc(CC2NCCc3ccccc32)cc1. The first-order valence-corrected chi connectivity index (χ1v) is 10.0. The Labute approximate surface area is 157 Å². The number of likely N-dealkylation sites (tertiary alicyclic amines) is 1. The standard InChI is InChI=1S/C23H30N2O/c1-25-15-4-6-20(25)13-16-26-21-10-8-18(9-11-21)17-23-22-7-3-2-5-19(22)12-14-24-23/h2-3,5,7-11,20,23-24H,4,6,12-17H2,1H3. The van der Waals surface area contributed by atoms with Crippen molar-refractivity contribution in [1.29, 1.82) is 0 Å². The number of benzene rings is 2. The molecule has 0 spiro atoms. The van der Waals surface area contributed by atoms with E-state index in [1.165, 1.54) is 36.1 Å². The molecule has 3 heteroatoms. The van der Waals surface area contributed by atoms with Gasteiger partial charge in [0, 0.05) is 12.1 Å². The van der Waals surface area contributed by atoms with Gasteiger partial charge in [-0.1, -0.05) is 36.4 Å². The predicted molar refractivity (Wildman–Crippen MR) is 107 cm³/mol. The molecule has 0 saturated carbocycles. The molecule has 4 rings (SSSR count). The molecular formula is C23H30N2O. The van der Waals surface area contributed by atoms with Crippen molar-refractivity contribution in [2.45, 2.75) is 44.2 Å². The Kier molecular flexibility index (Phi) is 5.57. The molecule has 1 N–H and O–H groups in total. The smallest absolute Gasteiger partial charge is 0.119 e. The molecule has 0 aromatic heterocycles. The second-order valence-corrected chi connectivity index (χ2v) is 7.72. The molecule has 0 bridgehead atoms. The van der Waals surface area contributed by atoms with Crippen molar-refractivity contribution in [3.8, 4) is 5.75 Å². The monoisotopic (exact) mass is 350 g/mol. The van der Waals surface area contributed by atoms with E-state index in [1.807, 2.05) is 0 Å². The highest BCUT2D eigenvalue weighted by molar-refractivity contribution is 5.35. The fourth-order valence-electron chi connectivity index (χ4n) is 4.39. The maximum absolute atomic E-state index is 5.98. The van der Waals surface area contributed by atoms with E-state index in [0.717, 1.165) is 38.2 Å². The van der Waals surface area contributed by atoms with Gasteiger partial charge in [0.1, 0.15) is 5.75 Å². The Balaban J connectivity index is 1.31. The Morgan fingerprint density at radius 3 is 2.77 bits per heavy atom. The summed E-state index contributed by atoms with van der Waals surface area (Å²) >= 11 is 0. The Morgan fingerprint density at radius 2 is 1.96 bits per heavy atom. The van der Waals surface area contributed by atoms with Gasteiger partial charge in [0.05, 0.1) is 6.61 Å². The summed E-state index contributed by atoms with van der Waals surface area (Å²) in [6.45, 7) is 3.11. The summed E-state index contributed by atoms with van der Waals surface area (Å²) in [5.41, 5.74) is 4.31. The van der Waals surface area contributed by atoms with Crippen LogP contribution in [0.1, 0.15) is 42.0 Å². The molecule has 2 heterocycles. The largest absolute Gasteiger partial charge is 0.494 e. The van der Waals surface area contributed by atoms with Crippen LogP contribution in [0.3, 0.4) is 0 Å². The second kappa shape index (κ2) is 8.24. The van der Waals surface area contributed by atoms with Gasteiger partial charge in [-0.15, -0.1) is 0 Å². The zero-order valence-corrected chi connectivity index (χ0v) is 15.8. The van der Waals surface area contributed by atoms with Gasteiger partial charge in [-0.05, 0) is 81.1 Å². The number of fused-ring (bicyclic) bond motifs is 1. The van der Waals surface area contributed by atoms with E-state index >= 15 is 0 Å². The molecule has 2 atom stereocenters. The van der Waals surface area contributed by atoms with Gasteiger partial charge in [-0.2, -0.15) is 0 Å². The Morgan fingerprint density at radius 1 is 1.12 bits per heavy atom. The summed E-state index contributed by atoms with van der Waals surface area (Å²) < 4.78 is 5.98. The molecule has 0 radical (unpaired) electrons. The van der Waals surface area contributed by atoms with Crippen LogP contribution in [0.15, 0.2) is 48.5 Å². The zero-order valence-electron chi connectivity index (χ0n) is 15.8. The van der Waals surface area contributed by atoms with Crippen molar-refractivity contribution < 1.29 is 4.74 Å². The van der Waals surface area contributed by atoms with Crippen LogP contribution in [0.2, 0.25) is 0 Å². The lowest BCUT2D eigenvalue weighted by Crippen LogP contribution is -2.31. The van der Waals surface area contributed by atoms with Gasteiger partial charge in [0.2, 0.25) is 0 Å². The van der Waals surface area contributed by atoms with Crippen molar-refractivity contribution in [1.82, 2.24) is 10.2 Å². The summed E-state index contributed by atoms with van der Waals surface area (Å²) in [6, 6.07) is 18.6. The van der Waals surface area contributed by atoms with E-state index < -0.39 is 0 Å². The third kappa shape index (κ3) is 4.11. The number of hydrogen-bond donors (Lipinski definition) is 1. The molecule has 1 fully saturated rings. The number of nitrogens with zero attached hydrogens (tertiary/aromatic N) is 1. The minimum absolute atomic E-state index is 0.421. The fraction of sp³-hybridized carbons (Fsp3) is 0.478. The first-order chi connectivity index (χ1) is 12.8. The third-order valence-electron chi connectivity index (χ3n) is 5.97. The summed E-state index contributed by atoms with van der Waals surface area (Å²) in [6.07, 6.45) is 5.93. The number of ether oxygens (including phenoxy) is 1. The highest BCUT2D eigenvalue weighted by Crippen LogP contribution is 2.26. The molecule has 1 saturated heterocycles. The van der Waals surface area contributed by atoms with E-state index in [-0.39, 0.29) is 0 Å². The lowest BCUT2D eigenvalue weighted by atomic mass is 9.90. The number of hydrogen-bond acceptors (Lipinski definition) is 3. The average molecular weight is 351 g/mol. The van der Waals surface area contributed by atoms with Gasteiger partial charge in [-0.25, -0.2) is 0 Å². The second-order valence-electron chi connectivity index (χ2n) is 7.72. The number of rotatable bonds is 6. The van der Waals surface area contributed by atoms with Crippen molar-refractivity contribution >= 4 is 0 Å². The highest BCUT2D eigenvalue weighted by atomic mass is 16.5. The average Bonchev–Trinajstić information content (AvgIpc) is 3.08. The van der Waals surface area contributed by atoms with E-state index in [2.05, 4.69) is 65.8 Å². The molecule has 26 heavy (non-hydrogen) atoms. The molecule has 3 nitrogen and oxygen atoms in total. The molecule has 2 unspecified atom stereocenters. The van der Waals surface area contributed by atoms with Gasteiger partial charge < -0.3 is 15.0 Å². The minimum Gasteiger partial charge on any atom is -0.494 e. The van der Waals surface area contributed by atoms with Crippen LogP contribution in [-0.2, 0) is 12.8 Å². The first-order valence-electron chi connectivity index (χ1n) is 10.0. The third-order valence-corrected chi connectivity index (χ3v) is 5.97. The summed E-state index contributed by atoms with van der Waals surface area (Å²) in [5.74, 6) is 0.992. The molecule has 0 amide bonds. The van der Waals surface area contributed by atoms with Crippen molar-refractivity contribution in [2.75, 3.05) is 26.7 Å². The van der Waals surface area contributed by atoms with E-state index in [4.69, 9.17) is 4.74 Å². The minimum atomic E-state index is 0.421. The van der Waals surface area contributed by atoms with Crippen LogP contribution >= 0.6 is 0 Å². The predicted octanol–water partition coefficient (Wildman–Crippen LogP) is 3.98. The van der Waals surface area contributed by atoms with Crippen molar-refractivity contribution in [3.63, 3.8) is 0 Å². The molecule has 138 valence electrons. The molecule has 2 aromatic carbocycles. The Bertz CT molecular complexity index is 712. The lowest BCUT2D eigenvalue weighted by Gasteiger charge is -2.27. The normalized spacial score (nSPS) is 23.0. The summed E-state index contributed by atoms with van der Waals surface area (Å²) in [4.78, 5) is 2.46. The van der Waals surface area contributed by atoms with Gasteiger partial charge in [0.15, 0.2) is 0 Å². The fourth-order valence-corrected chi connectivity index (χ4v) is 4.39. The molecular weight excluding hydrogens is 320 g/mol. The zero-order chi connectivity index (χ0) is 17.8. The van der Waals surface area contributed by atoms with Crippen LogP contribution in [0.4, 0.5) is 0 Å². The van der Waals surface area contributed by atoms with E-state index in [0.29, 0.717) is 12.1 Å². The van der Waals surface area contributed by atoms with Crippen LogP contribution in [0.25, 0.3) is 0 Å². The molecule has 2 aliphatic heterocycles. The first kappa shape index (κ1) is 17.6. The van der Waals surface area contributed by atoms with Crippen LogP contribution in [0.5, 0.6) is 5.75 Å². The lowest BCUT2D eigenvalue weighted by molar-refractivity contribution is 0.233. The van der Waals surface area contributed by atoms with E-state index in [9.17, 15) is 0 Å². The van der Waals surface area contributed by atoms with Gasteiger partial charge in [-0.3, -0.25) is 0 Å². The van der Waals surface area contributed by atoms with Crippen LogP contribution < -0.4 is 10.1 Å². The summed E-state index contributed by atoms with van der Waals surface area (Å²) in [5, 5.41) is 3.67. The summed E-state index contributed by atoms with van der Waals surface area (Å²) in [7, 11) is 2.23. The quantitative estimate of drug-likeness (QED) is 0.853. The highest BCUT2D eigenvalue weighted by Gasteiger charge is 2.21. The molecule has 2 aliphatic rings.